The van der Waals surface area contributed by atoms with E-state index in [4.69, 9.17) is 4.74 Å². The van der Waals surface area contributed by atoms with Gasteiger partial charge < -0.3 is 14.5 Å². The van der Waals surface area contributed by atoms with Crippen LogP contribution in [0.25, 0.3) is 0 Å². The van der Waals surface area contributed by atoms with Crippen molar-refractivity contribution < 1.29 is 14.3 Å². The number of carbonyl (C=O) groups excluding carboxylic acids is 2. The van der Waals surface area contributed by atoms with E-state index < -0.39 is 0 Å². The quantitative estimate of drug-likeness (QED) is 0.664. The molecule has 0 aromatic carbocycles. The molecule has 166 valence electrons. The summed E-state index contributed by atoms with van der Waals surface area (Å²) >= 11 is 0. The van der Waals surface area contributed by atoms with Gasteiger partial charge in [0.05, 0.1) is 19.1 Å². The highest BCUT2D eigenvalue weighted by Gasteiger charge is 2.34. The summed E-state index contributed by atoms with van der Waals surface area (Å²) in [7, 11) is 0. The molecule has 1 atom stereocenters. The van der Waals surface area contributed by atoms with Crippen molar-refractivity contribution in [1.29, 1.82) is 0 Å². The number of rotatable bonds is 7. The van der Waals surface area contributed by atoms with Crippen LogP contribution >= 0.6 is 0 Å². The minimum atomic E-state index is -0.0342. The lowest BCUT2D eigenvalue weighted by Gasteiger charge is -2.38. The first kappa shape index (κ1) is 21.3. The van der Waals surface area contributed by atoms with Gasteiger partial charge in [0.15, 0.2) is 0 Å². The van der Waals surface area contributed by atoms with Crippen molar-refractivity contribution in [3.8, 4) is 0 Å². The Hall–Kier alpha value is -1.93. The number of ether oxygens (including phenoxy) is 1. The molecule has 0 aliphatic carbocycles. The minimum absolute atomic E-state index is 0.0342. The third-order valence-electron chi connectivity index (χ3n) is 6.89. The number of piperidine rings is 2. The Morgan fingerprint density at radius 1 is 1.07 bits per heavy atom. The van der Waals surface area contributed by atoms with E-state index in [-0.39, 0.29) is 17.7 Å². The molecular formula is C22H35N5O3. The maximum Gasteiger partial charge on any atom is 0.227 e. The first-order chi connectivity index (χ1) is 14.7. The summed E-state index contributed by atoms with van der Waals surface area (Å²) in [4.78, 5) is 31.8. The summed E-state index contributed by atoms with van der Waals surface area (Å²) in [5, 5.41) is 4.27. The van der Waals surface area contributed by atoms with Gasteiger partial charge in [-0.25, -0.2) is 0 Å². The van der Waals surface area contributed by atoms with Crippen LogP contribution in [-0.2, 0) is 20.9 Å². The summed E-state index contributed by atoms with van der Waals surface area (Å²) in [6.07, 6.45) is 8.29. The van der Waals surface area contributed by atoms with Crippen LogP contribution in [0.5, 0.6) is 0 Å². The second kappa shape index (κ2) is 10.4. The van der Waals surface area contributed by atoms with Gasteiger partial charge in [-0.15, -0.1) is 0 Å². The maximum absolute atomic E-state index is 13.1. The monoisotopic (exact) mass is 417 g/mol. The Morgan fingerprint density at radius 3 is 2.60 bits per heavy atom. The van der Waals surface area contributed by atoms with Crippen molar-refractivity contribution in [2.75, 3.05) is 59.0 Å². The van der Waals surface area contributed by atoms with Gasteiger partial charge in [0.1, 0.15) is 0 Å². The van der Waals surface area contributed by atoms with E-state index in [0.717, 1.165) is 78.3 Å². The fraction of sp³-hybridized carbons (Fsp3) is 0.773. The molecule has 1 aromatic rings. The van der Waals surface area contributed by atoms with E-state index in [9.17, 15) is 9.59 Å². The largest absolute Gasteiger partial charge is 0.379 e. The number of carbonyl (C=O) groups is 2. The summed E-state index contributed by atoms with van der Waals surface area (Å²) < 4.78 is 7.38. The van der Waals surface area contributed by atoms with Gasteiger partial charge in [-0.3, -0.25) is 19.2 Å². The number of aromatic nitrogens is 2. The van der Waals surface area contributed by atoms with Gasteiger partial charge in [-0.2, -0.15) is 5.10 Å². The van der Waals surface area contributed by atoms with Gasteiger partial charge in [-0.05, 0) is 37.7 Å². The van der Waals surface area contributed by atoms with Crippen molar-refractivity contribution in [3.05, 3.63) is 18.5 Å². The molecule has 4 heterocycles. The van der Waals surface area contributed by atoms with E-state index in [0.29, 0.717) is 25.3 Å². The van der Waals surface area contributed by atoms with E-state index in [1.165, 1.54) is 0 Å². The second-order valence-electron chi connectivity index (χ2n) is 8.86. The molecule has 3 saturated heterocycles. The molecule has 0 radical (unpaired) electrons. The van der Waals surface area contributed by atoms with Crippen molar-refractivity contribution in [1.82, 2.24) is 24.5 Å². The molecule has 0 saturated carbocycles. The van der Waals surface area contributed by atoms with Crippen molar-refractivity contribution in [2.45, 2.75) is 38.6 Å². The van der Waals surface area contributed by atoms with Gasteiger partial charge in [0.2, 0.25) is 11.8 Å². The minimum Gasteiger partial charge on any atom is -0.379 e. The lowest BCUT2D eigenvalue weighted by atomic mass is 9.91. The number of nitrogens with zero attached hydrogens (tertiary/aromatic N) is 5. The number of amides is 2. The van der Waals surface area contributed by atoms with Crippen LogP contribution in [0.4, 0.5) is 0 Å². The number of morpholine rings is 1. The van der Waals surface area contributed by atoms with Crippen LogP contribution in [0.2, 0.25) is 0 Å². The Labute approximate surface area is 179 Å². The molecule has 1 aromatic heterocycles. The molecule has 3 aliphatic rings. The van der Waals surface area contributed by atoms with E-state index in [1.54, 1.807) is 0 Å². The van der Waals surface area contributed by atoms with Crippen LogP contribution < -0.4 is 0 Å². The highest BCUT2D eigenvalue weighted by Crippen LogP contribution is 2.25. The average molecular weight is 418 g/mol. The summed E-state index contributed by atoms with van der Waals surface area (Å²) in [6, 6.07) is 1.96. The Kier molecular flexibility index (Phi) is 7.38. The molecular weight excluding hydrogens is 382 g/mol. The Balaban J connectivity index is 1.20. The molecule has 30 heavy (non-hydrogen) atoms. The first-order valence-corrected chi connectivity index (χ1v) is 11.5. The fourth-order valence-corrected chi connectivity index (χ4v) is 4.87. The predicted molar refractivity (Wildman–Crippen MR) is 113 cm³/mol. The van der Waals surface area contributed by atoms with Gasteiger partial charge in [-0.1, -0.05) is 0 Å². The fourth-order valence-electron chi connectivity index (χ4n) is 4.87. The van der Waals surface area contributed by atoms with E-state index >= 15 is 0 Å². The van der Waals surface area contributed by atoms with Crippen LogP contribution in [-0.4, -0.2) is 95.3 Å². The molecule has 2 amide bonds. The summed E-state index contributed by atoms with van der Waals surface area (Å²) in [5.74, 6) is 1.08. The van der Waals surface area contributed by atoms with Crippen molar-refractivity contribution >= 4 is 11.8 Å². The number of hydrogen-bond acceptors (Lipinski definition) is 5. The molecule has 4 rings (SSSR count). The first-order valence-electron chi connectivity index (χ1n) is 11.5. The van der Waals surface area contributed by atoms with Crippen LogP contribution in [0, 0.1) is 11.8 Å². The molecule has 8 heteroatoms. The lowest BCUT2D eigenvalue weighted by Crippen LogP contribution is -2.50. The van der Waals surface area contributed by atoms with Gasteiger partial charge >= 0.3 is 0 Å². The summed E-state index contributed by atoms with van der Waals surface area (Å²) in [5.41, 5.74) is 0. The molecule has 1 unspecified atom stereocenters. The number of hydrogen-bond donors (Lipinski definition) is 0. The zero-order valence-corrected chi connectivity index (χ0v) is 18.0. The zero-order valence-electron chi connectivity index (χ0n) is 18.0. The molecule has 3 fully saturated rings. The molecule has 3 aliphatic heterocycles. The normalized spacial score (nSPS) is 24.4. The SMILES string of the molecule is O=C1CCC(C(=O)N2CCC(CCn3cccn3)CC2)CN1CCN1CCOCC1. The second-order valence-corrected chi connectivity index (χ2v) is 8.86. The molecule has 0 spiro atoms. The van der Waals surface area contributed by atoms with Crippen molar-refractivity contribution in [3.63, 3.8) is 0 Å². The maximum atomic E-state index is 13.1. The standard InChI is InChI=1S/C22H35N5O3/c28-21-3-2-20(18-26(21)13-12-24-14-16-30-17-15-24)22(29)25-9-4-19(5-10-25)6-11-27-8-1-7-23-27/h1,7-8,19-20H,2-6,9-18H2. The van der Waals surface area contributed by atoms with E-state index in [1.807, 2.05) is 32.9 Å². The van der Waals surface area contributed by atoms with Crippen molar-refractivity contribution in [2.24, 2.45) is 11.8 Å². The third kappa shape index (κ3) is 5.60. The Morgan fingerprint density at radius 2 is 1.87 bits per heavy atom. The van der Waals surface area contributed by atoms with Gasteiger partial charge in [0, 0.05) is 71.2 Å². The average Bonchev–Trinajstić information content (AvgIpc) is 3.31. The van der Waals surface area contributed by atoms with Crippen LogP contribution in [0.15, 0.2) is 18.5 Å². The highest BCUT2D eigenvalue weighted by atomic mass is 16.5. The molecule has 8 nitrogen and oxygen atoms in total. The van der Waals surface area contributed by atoms with E-state index in [2.05, 4.69) is 10.00 Å². The molecule has 0 bridgehead atoms. The lowest BCUT2D eigenvalue weighted by molar-refractivity contribution is -0.144. The Bertz CT molecular complexity index is 681. The predicted octanol–water partition coefficient (Wildman–Crippen LogP) is 1.08. The topological polar surface area (TPSA) is 70.9 Å². The highest BCUT2D eigenvalue weighted by molar-refractivity contribution is 5.84. The number of likely N-dealkylation sites (tertiary alicyclic amines) is 2. The molecule has 0 N–H and O–H groups in total. The number of aryl methyl sites for hydroxylation is 1. The summed E-state index contributed by atoms with van der Waals surface area (Å²) in [6.45, 7) is 8.23. The zero-order chi connectivity index (χ0) is 20.8. The van der Waals surface area contributed by atoms with Crippen LogP contribution in [0.3, 0.4) is 0 Å². The third-order valence-corrected chi connectivity index (χ3v) is 6.89. The smallest absolute Gasteiger partial charge is 0.227 e. The van der Waals surface area contributed by atoms with Crippen LogP contribution in [0.1, 0.15) is 32.1 Å². The van der Waals surface area contributed by atoms with Gasteiger partial charge in [0.25, 0.3) is 0 Å².